The smallest absolute Gasteiger partial charge is 0.337 e. The Bertz CT molecular complexity index is 663. The highest BCUT2D eigenvalue weighted by Gasteiger charge is 2.10. The van der Waals surface area contributed by atoms with Gasteiger partial charge in [-0.3, -0.25) is 9.78 Å². The molecule has 0 unspecified atom stereocenters. The van der Waals surface area contributed by atoms with Crippen LogP contribution in [0.1, 0.15) is 32.0 Å². The average Bonchev–Trinajstić information content (AvgIpc) is 2.43. The van der Waals surface area contributed by atoms with E-state index in [1.165, 1.54) is 12.1 Å². The number of nitrogens with one attached hydrogen (secondary N) is 1. The Hall–Kier alpha value is -2.69. The highest BCUT2D eigenvalue weighted by Crippen LogP contribution is 2.15. The van der Waals surface area contributed by atoms with Gasteiger partial charge in [-0.25, -0.2) is 4.79 Å². The highest BCUT2D eigenvalue weighted by atomic mass is 16.4. The van der Waals surface area contributed by atoms with Gasteiger partial charge < -0.3 is 10.4 Å². The summed E-state index contributed by atoms with van der Waals surface area (Å²) in [4.78, 5) is 26.5. The first-order chi connectivity index (χ1) is 9.47. The number of rotatable bonds is 3. The fourth-order valence-electron chi connectivity index (χ4n) is 1.67. The second-order valence-electron chi connectivity index (χ2n) is 4.49. The second kappa shape index (κ2) is 5.52. The van der Waals surface area contributed by atoms with Crippen LogP contribution in [0.2, 0.25) is 0 Å². The highest BCUT2D eigenvalue weighted by molar-refractivity contribution is 6.03. The van der Waals surface area contributed by atoms with Crippen LogP contribution in [0.5, 0.6) is 0 Å². The van der Waals surface area contributed by atoms with Gasteiger partial charge in [-0.15, -0.1) is 0 Å². The lowest BCUT2D eigenvalue weighted by Gasteiger charge is -2.07. The van der Waals surface area contributed by atoms with Crippen molar-refractivity contribution in [3.05, 3.63) is 58.9 Å². The third kappa shape index (κ3) is 3.00. The minimum atomic E-state index is -1.07. The topological polar surface area (TPSA) is 79.3 Å². The maximum absolute atomic E-state index is 12.0. The van der Waals surface area contributed by atoms with Gasteiger partial charge in [0.25, 0.3) is 5.91 Å². The van der Waals surface area contributed by atoms with Gasteiger partial charge >= 0.3 is 5.97 Å². The van der Waals surface area contributed by atoms with Crippen LogP contribution >= 0.6 is 0 Å². The van der Waals surface area contributed by atoms with Crippen LogP contribution < -0.4 is 5.32 Å². The van der Waals surface area contributed by atoms with Crippen molar-refractivity contribution in [3.63, 3.8) is 0 Å². The van der Waals surface area contributed by atoms with Crippen molar-refractivity contribution in [1.29, 1.82) is 0 Å². The number of carboxylic acid groups (broad SMARTS) is 1. The molecule has 0 saturated heterocycles. The lowest BCUT2D eigenvalue weighted by molar-refractivity contribution is 0.0696. The molecule has 20 heavy (non-hydrogen) atoms. The molecule has 0 radical (unpaired) electrons. The lowest BCUT2D eigenvalue weighted by atomic mass is 10.1. The molecule has 2 N–H and O–H groups in total. The minimum Gasteiger partial charge on any atom is -0.478 e. The monoisotopic (exact) mass is 270 g/mol. The molecule has 0 saturated carbocycles. The summed E-state index contributed by atoms with van der Waals surface area (Å²) in [5, 5.41) is 11.5. The lowest BCUT2D eigenvalue weighted by Crippen LogP contribution is -2.14. The average molecular weight is 270 g/mol. The summed E-state index contributed by atoms with van der Waals surface area (Å²) in [5.74, 6) is -1.44. The van der Waals surface area contributed by atoms with Gasteiger partial charge in [0.2, 0.25) is 0 Å². The molecule has 5 nitrogen and oxygen atoms in total. The summed E-state index contributed by atoms with van der Waals surface area (Å²) in [5.41, 5.74) is 3.13. The molecule has 1 aromatic heterocycles. The number of hydrogen-bond acceptors (Lipinski definition) is 3. The summed E-state index contributed by atoms with van der Waals surface area (Å²) >= 11 is 0. The van der Waals surface area contributed by atoms with E-state index in [-0.39, 0.29) is 17.2 Å². The van der Waals surface area contributed by atoms with E-state index in [1.807, 2.05) is 32.0 Å². The van der Waals surface area contributed by atoms with Gasteiger partial charge in [0.15, 0.2) is 0 Å². The van der Waals surface area contributed by atoms with Crippen molar-refractivity contribution < 1.29 is 14.7 Å². The van der Waals surface area contributed by atoms with E-state index in [2.05, 4.69) is 10.3 Å². The van der Waals surface area contributed by atoms with Crippen molar-refractivity contribution in [2.75, 3.05) is 5.32 Å². The predicted molar refractivity (Wildman–Crippen MR) is 75.1 cm³/mol. The van der Waals surface area contributed by atoms with E-state index in [0.717, 1.165) is 17.3 Å². The molecule has 1 aromatic carbocycles. The van der Waals surface area contributed by atoms with Crippen LogP contribution in [0.15, 0.2) is 36.5 Å². The Labute approximate surface area is 116 Å². The molecule has 0 aliphatic heterocycles. The van der Waals surface area contributed by atoms with Gasteiger partial charge in [0, 0.05) is 11.9 Å². The number of amides is 1. The van der Waals surface area contributed by atoms with E-state index in [0.29, 0.717) is 5.69 Å². The van der Waals surface area contributed by atoms with E-state index in [1.54, 1.807) is 0 Å². The summed E-state index contributed by atoms with van der Waals surface area (Å²) in [6.07, 6.45) is 1.16. The molecule has 0 bridgehead atoms. The van der Waals surface area contributed by atoms with E-state index in [9.17, 15) is 9.59 Å². The number of aryl methyl sites for hydroxylation is 2. The van der Waals surface area contributed by atoms with Gasteiger partial charge in [-0.2, -0.15) is 0 Å². The summed E-state index contributed by atoms with van der Waals surface area (Å²) in [6, 6.07) is 8.35. The maximum Gasteiger partial charge on any atom is 0.337 e. The number of benzene rings is 1. The number of nitrogens with zero attached hydrogens (tertiary/aromatic N) is 1. The minimum absolute atomic E-state index is 0.0488. The van der Waals surface area contributed by atoms with Gasteiger partial charge in [-0.1, -0.05) is 6.07 Å². The quantitative estimate of drug-likeness (QED) is 0.898. The molecule has 0 atom stereocenters. The predicted octanol–water partition coefficient (Wildman–Crippen LogP) is 2.65. The molecule has 0 aliphatic rings. The largest absolute Gasteiger partial charge is 0.478 e. The number of pyridine rings is 1. The number of aromatic nitrogens is 1. The first-order valence-electron chi connectivity index (χ1n) is 6.05. The molecule has 1 heterocycles. The van der Waals surface area contributed by atoms with Crippen LogP contribution in [-0.2, 0) is 0 Å². The molecule has 0 fully saturated rings. The van der Waals surface area contributed by atoms with Crippen molar-refractivity contribution >= 4 is 17.6 Å². The van der Waals surface area contributed by atoms with Crippen LogP contribution in [0.25, 0.3) is 0 Å². The summed E-state index contributed by atoms with van der Waals surface area (Å²) < 4.78 is 0. The van der Waals surface area contributed by atoms with Gasteiger partial charge in [-0.05, 0) is 49.2 Å². The zero-order chi connectivity index (χ0) is 14.7. The summed E-state index contributed by atoms with van der Waals surface area (Å²) in [7, 11) is 0. The zero-order valence-corrected chi connectivity index (χ0v) is 11.2. The molecule has 2 rings (SSSR count). The van der Waals surface area contributed by atoms with Crippen molar-refractivity contribution in [1.82, 2.24) is 4.98 Å². The van der Waals surface area contributed by atoms with Crippen LogP contribution in [0.3, 0.4) is 0 Å². The number of carboxylic acids is 1. The molecular formula is C15H14N2O3. The van der Waals surface area contributed by atoms with E-state index in [4.69, 9.17) is 5.11 Å². The Morgan fingerprint density at radius 2 is 1.85 bits per heavy atom. The number of anilines is 1. The molecule has 102 valence electrons. The Morgan fingerprint density at radius 3 is 2.40 bits per heavy atom. The number of aromatic carboxylic acids is 1. The fraction of sp³-hybridized carbons (Fsp3) is 0.133. The first-order valence-corrected chi connectivity index (χ1v) is 6.05. The Morgan fingerprint density at radius 1 is 1.10 bits per heavy atom. The third-order valence-corrected chi connectivity index (χ3v) is 3.01. The number of carbonyl (C=O) groups is 2. The number of carbonyl (C=O) groups excluding carboxylic acids is 1. The number of hydrogen-bond donors (Lipinski definition) is 2. The molecule has 2 aromatic rings. The van der Waals surface area contributed by atoms with Crippen LogP contribution in [0.4, 0.5) is 5.69 Å². The molecule has 1 amide bonds. The molecular weight excluding hydrogens is 256 g/mol. The van der Waals surface area contributed by atoms with E-state index < -0.39 is 5.97 Å². The first kappa shape index (κ1) is 13.7. The zero-order valence-electron chi connectivity index (χ0n) is 11.2. The molecule has 5 heteroatoms. The second-order valence-corrected chi connectivity index (χ2v) is 4.49. The van der Waals surface area contributed by atoms with Crippen molar-refractivity contribution in [2.24, 2.45) is 0 Å². The standard InChI is InChI=1S/C15H14N2O3/c1-9-3-5-12(7-10(9)2)17-14(18)13-6-4-11(8-16-13)15(19)20/h3-8H,1-2H3,(H,17,18)(H,19,20). The van der Waals surface area contributed by atoms with E-state index >= 15 is 0 Å². The molecule has 0 aliphatic carbocycles. The van der Waals surface area contributed by atoms with Crippen molar-refractivity contribution in [2.45, 2.75) is 13.8 Å². The maximum atomic E-state index is 12.0. The van der Waals surface area contributed by atoms with Crippen LogP contribution in [-0.4, -0.2) is 22.0 Å². The Balaban J connectivity index is 2.15. The van der Waals surface area contributed by atoms with Gasteiger partial charge in [0.05, 0.1) is 5.56 Å². The van der Waals surface area contributed by atoms with Crippen LogP contribution in [0, 0.1) is 13.8 Å². The fourth-order valence-corrected chi connectivity index (χ4v) is 1.67. The summed E-state index contributed by atoms with van der Waals surface area (Å²) in [6.45, 7) is 3.96. The Kier molecular flexibility index (Phi) is 3.79. The third-order valence-electron chi connectivity index (χ3n) is 3.01. The van der Waals surface area contributed by atoms with Crippen molar-refractivity contribution in [3.8, 4) is 0 Å². The van der Waals surface area contributed by atoms with Gasteiger partial charge in [0.1, 0.15) is 5.69 Å². The SMILES string of the molecule is Cc1ccc(NC(=O)c2ccc(C(=O)O)cn2)cc1C. The molecule has 0 spiro atoms. The normalized spacial score (nSPS) is 10.1.